The van der Waals surface area contributed by atoms with Gasteiger partial charge in [0.05, 0.1) is 12.4 Å². The summed E-state index contributed by atoms with van der Waals surface area (Å²) in [4.78, 5) is 12.0. The Balaban J connectivity index is 1.88. The number of esters is 1. The minimum Gasteiger partial charge on any atom is -0.465 e. The SMILES string of the molecule is CCCCOC(=O)CSc1nnc(-c2ccc(C)cc2)n1-c1ccc(Cl)cc1. The number of rotatable bonds is 8. The van der Waals surface area contributed by atoms with E-state index in [4.69, 9.17) is 16.3 Å². The molecule has 0 aliphatic rings. The summed E-state index contributed by atoms with van der Waals surface area (Å²) in [5.41, 5.74) is 3.00. The molecule has 3 rings (SSSR count). The van der Waals surface area contributed by atoms with Crippen LogP contribution in [0.1, 0.15) is 25.3 Å². The molecule has 5 nitrogen and oxygen atoms in total. The van der Waals surface area contributed by atoms with E-state index in [0.717, 1.165) is 24.1 Å². The highest BCUT2D eigenvalue weighted by Crippen LogP contribution is 2.28. The smallest absolute Gasteiger partial charge is 0.316 e. The Kier molecular flexibility index (Phi) is 7.12. The lowest BCUT2D eigenvalue weighted by atomic mass is 10.1. The van der Waals surface area contributed by atoms with Crippen LogP contribution in [0.5, 0.6) is 0 Å². The van der Waals surface area contributed by atoms with E-state index in [9.17, 15) is 4.79 Å². The van der Waals surface area contributed by atoms with Gasteiger partial charge in [0.1, 0.15) is 0 Å². The molecule has 0 atom stereocenters. The van der Waals surface area contributed by atoms with Crippen molar-refractivity contribution in [3.05, 3.63) is 59.1 Å². The molecule has 1 heterocycles. The lowest BCUT2D eigenvalue weighted by Crippen LogP contribution is -2.09. The first-order valence-corrected chi connectivity index (χ1v) is 10.5. The minimum absolute atomic E-state index is 0.184. The van der Waals surface area contributed by atoms with E-state index in [1.807, 2.05) is 60.0 Å². The number of nitrogens with zero attached hydrogens (tertiary/aromatic N) is 3. The van der Waals surface area contributed by atoms with E-state index in [1.165, 1.54) is 17.3 Å². The molecular weight excluding hydrogens is 394 g/mol. The van der Waals surface area contributed by atoms with E-state index >= 15 is 0 Å². The highest BCUT2D eigenvalue weighted by atomic mass is 35.5. The molecule has 146 valence electrons. The Hall–Kier alpha value is -2.31. The zero-order valence-corrected chi connectivity index (χ0v) is 17.5. The summed E-state index contributed by atoms with van der Waals surface area (Å²) in [6.07, 6.45) is 1.86. The van der Waals surface area contributed by atoms with Crippen LogP contribution in [-0.4, -0.2) is 33.1 Å². The number of halogens is 1. The van der Waals surface area contributed by atoms with Crippen LogP contribution in [0.25, 0.3) is 17.1 Å². The highest BCUT2D eigenvalue weighted by Gasteiger charge is 2.17. The lowest BCUT2D eigenvalue weighted by Gasteiger charge is -2.11. The van der Waals surface area contributed by atoms with Crippen LogP contribution in [0.4, 0.5) is 0 Å². The van der Waals surface area contributed by atoms with Crippen LogP contribution >= 0.6 is 23.4 Å². The van der Waals surface area contributed by atoms with Crippen molar-refractivity contribution in [1.29, 1.82) is 0 Å². The third-order valence-electron chi connectivity index (χ3n) is 4.11. The van der Waals surface area contributed by atoms with Crippen molar-refractivity contribution < 1.29 is 9.53 Å². The number of ether oxygens (including phenoxy) is 1. The van der Waals surface area contributed by atoms with Crippen molar-refractivity contribution in [3.8, 4) is 17.1 Å². The molecule has 7 heteroatoms. The molecule has 28 heavy (non-hydrogen) atoms. The monoisotopic (exact) mass is 415 g/mol. The molecule has 0 saturated heterocycles. The van der Waals surface area contributed by atoms with Crippen LogP contribution in [-0.2, 0) is 9.53 Å². The number of aryl methyl sites for hydroxylation is 1. The Morgan fingerprint density at radius 3 is 2.50 bits per heavy atom. The summed E-state index contributed by atoms with van der Waals surface area (Å²) < 4.78 is 7.17. The summed E-state index contributed by atoms with van der Waals surface area (Å²) in [5, 5.41) is 9.98. The number of carbonyl (C=O) groups excluding carboxylic acids is 1. The third kappa shape index (κ3) is 5.14. The van der Waals surface area contributed by atoms with E-state index in [2.05, 4.69) is 17.1 Å². The number of benzene rings is 2. The van der Waals surface area contributed by atoms with Crippen LogP contribution in [0, 0.1) is 6.92 Å². The second-order valence-corrected chi connectivity index (χ2v) is 7.73. The lowest BCUT2D eigenvalue weighted by molar-refractivity contribution is -0.140. The average molecular weight is 416 g/mol. The molecule has 0 fully saturated rings. The number of hydrogen-bond donors (Lipinski definition) is 0. The summed E-state index contributed by atoms with van der Waals surface area (Å²) >= 11 is 7.36. The largest absolute Gasteiger partial charge is 0.465 e. The Morgan fingerprint density at radius 2 is 1.82 bits per heavy atom. The van der Waals surface area contributed by atoms with Gasteiger partial charge in [-0.2, -0.15) is 0 Å². The fourth-order valence-electron chi connectivity index (χ4n) is 2.57. The van der Waals surface area contributed by atoms with Crippen molar-refractivity contribution in [2.45, 2.75) is 31.8 Å². The molecule has 3 aromatic rings. The van der Waals surface area contributed by atoms with Gasteiger partial charge in [0.25, 0.3) is 0 Å². The van der Waals surface area contributed by atoms with Gasteiger partial charge >= 0.3 is 5.97 Å². The normalized spacial score (nSPS) is 10.8. The molecule has 0 N–H and O–H groups in total. The maximum atomic E-state index is 12.0. The van der Waals surface area contributed by atoms with Crippen LogP contribution in [0.15, 0.2) is 53.7 Å². The number of aromatic nitrogens is 3. The second kappa shape index (κ2) is 9.75. The topological polar surface area (TPSA) is 57.0 Å². The summed E-state index contributed by atoms with van der Waals surface area (Å²) in [6, 6.07) is 15.6. The Labute approximate surface area is 174 Å². The van der Waals surface area contributed by atoms with E-state index in [-0.39, 0.29) is 11.7 Å². The van der Waals surface area contributed by atoms with Gasteiger partial charge in [-0.15, -0.1) is 10.2 Å². The molecule has 1 aromatic heterocycles. The van der Waals surface area contributed by atoms with Crippen molar-refractivity contribution in [2.75, 3.05) is 12.4 Å². The van der Waals surface area contributed by atoms with E-state index < -0.39 is 0 Å². The predicted molar refractivity (Wildman–Crippen MR) is 113 cm³/mol. The molecule has 0 spiro atoms. The van der Waals surface area contributed by atoms with Gasteiger partial charge < -0.3 is 4.74 Å². The molecule has 0 aliphatic heterocycles. The highest BCUT2D eigenvalue weighted by molar-refractivity contribution is 7.99. The van der Waals surface area contributed by atoms with Gasteiger partial charge in [0.2, 0.25) is 0 Å². The zero-order chi connectivity index (χ0) is 19.9. The van der Waals surface area contributed by atoms with Crippen LogP contribution < -0.4 is 0 Å². The quantitative estimate of drug-likeness (QED) is 0.282. The van der Waals surface area contributed by atoms with Gasteiger partial charge in [-0.1, -0.05) is 66.5 Å². The van der Waals surface area contributed by atoms with Crippen molar-refractivity contribution in [1.82, 2.24) is 14.8 Å². The fourth-order valence-corrected chi connectivity index (χ4v) is 3.45. The fraction of sp³-hybridized carbons (Fsp3) is 0.286. The van der Waals surface area contributed by atoms with Gasteiger partial charge in [-0.05, 0) is 37.6 Å². The first-order valence-electron chi connectivity index (χ1n) is 9.15. The van der Waals surface area contributed by atoms with Gasteiger partial charge in [0.15, 0.2) is 11.0 Å². The number of hydrogen-bond acceptors (Lipinski definition) is 5. The van der Waals surface area contributed by atoms with Crippen LogP contribution in [0.3, 0.4) is 0 Å². The molecular formula is C21H22ClN3O2S. The summed E-state index contributed by atoms with van der Waals surface area (Å²) in [5.74, 6) is 0.647. The third-order valence-corrected chi connectivity index (χ3v) is 5.26. The molecule has 0 radical (unpaired) electrons. The first-order chi connectivity index (χ1) is 13.6. The Bertz CT molecular complexity index is 924. The maximum absolute atomic E-state index is 12.0. The number of thioether (sulfide) groups is 1. The number of carbonyl (C=O) groups is 1. The molecule has 0 amide bonds. The van der Waals surface area contributed by atoms with Gasteiger partial charge in [0, 0.05) is 16.3 Å². The van der Waals surface area contributed by atoms with Gasteiger partial charge in [-0.3, -0.25) is 9.36 Å². The minimum atomic E-state index is -0.249. The molecule has 0 unspecified atom stereocenters. The van der Waals surface area contributed by atoms with E-state index in [1.54, 1.807) is 0 Å². The summed E-state index contributed by atoms with van der Waals surface area (Å²) in [6.45, 7) is 4.55. The molecule has 2 aromatic carbocycles. The maximum Gasteiger partial charge on any atom is 0.316 e. The van der Waals surface area contributed by atoms with Crippen molar-refractivity contribution in [3.63, 3.8) is 0 Å². The molecule has 0 saturated carbocycles. The zero-order valence-electron chi connectivity index (χ0n) is 15.9. The first kappa shape index (κ1) is 20.4. The average Bonchev–Trinajstić information content (AvgIpc) is 3.12. The number of unbranched alkanes of at least 4 members (excludes halogenated alkanes) is 1. The molecule has 0 bridgehead atoms. The standard InChI is InChI=1S/C21H22ClN3O2S/c1-3-4-13-27-19(26)14-28-21-24-23-20(16-7-5-15(2)6-8-16)25(21)18-11-9-17(22)10-12-18/h5-12H,3-4,13-14H2,1-2H3. The van der Waals surface area contributed by atoms with Crippen molar-refractivity contribution >= 4 is 29.3 Å². The van der Waals surface area contributed by atoms with Crippen molar-refractivity contribution in [2.24, 2.45) is 0 Å². The predicted octanol–water partition coefficient (Wildman–Crippen LogP) is 5.33. The van der Waals surface area contributed by atoms with Crippen LogP contribution in [0.2, 0.25) is 5.02 Å². The summed E-state index contributed by atoms with van der Waals surface area (Å²) in [7, 11) is 0. The second-order valence-electron chi connectivity index (χ2n) is 6.35. The van der Waals surface area contributed by atoms with E-state index in [0.29, 0.717) is 22.6 Å². The Morgan fingerprint density at radius 1 is 1.11 bits per heavy atom. The van der Waals surface area contributed by atoms with Gasteiger partial charge in [-0.25, -0.2) is 0 Å². The molecule has 0 aliphatic carbocycles.